The summed E-state index contributed by atoms with van der Waals surface area (Å²) in [7, 11) is 0. The molecule has 0 aliphatic carbocycles. The maximum Gasteiger partial charge on any atom is 0.226 e. The minimum Gasteiger partial charge on any atom is -0.484 e. The van der Waals surface area contributed by atoms with E-state index in [9.17, 15) is 0 Å². The van der Waals surface area contributed by atoms with Gasteiger partial charge >= 0.3 is 0 Å². The van der Waals surface area contributed by atoms with Gasteiger partial charge in [-0.2, -0.15) is 4.98 Å². The molecule has 0 saturated carbocycles. The smallest absolute Gasteiger partial charge is 0.226 e. The second-order valence-electron chi connectivity index (χ2n) is 4.25. The van der Waals surface area contributed by atoms with Crippen molar-refractivity contribution in [3.63, 3.8) is 0 Å². The number of para-hydroxylation sites is 1. The molecule has 6 heteroatoms. The summed E-state index contributed by atoms with van der Waals surface area (Å²) in [5.74, 6) is 2.01. The molecule has 5 nitrogen and oxygen atoms in total. The largest absolute Gasteiger partial charge is 0.484 e. The number of rotatable bonds is 7. The number of hydrogen-bond donors (Lipinski definition) is 1. The second kappa shape index (κ2) is 7.40. The molecule has 1 aromatic heterocycles. The third-order valence-corrected chi connectivity index (χ3v) is 3.40. The number of hydrogen-bond acceptors (Lipinski definition) is 5. The predicted molar refractivity (Wildman–Crippen MR) is 79.5 cm³/mol. The fourth-order valence-corrected chi connectivity index (χ4v) is 2.26. The van der Waals surface area contributed by atoms with Crippen molar-refractivity contribution in [1.29, 1.82) is 0 Å². The molecule has 0 spiro atoms. The molecule has 0 unspecified atom stereocenters. The molecule has 1 heterocycles. The Balaban J connectivity index is 2.07. The van der Waals surface area contributed by atoms with Crippen LogP contribution in [0.1, 0.15) is 31.1 Å². The van der Waals surface area contributed by atoms with Crippen LogP contribution in [-0.2, 0) is 19.6 Å². The van der Waals surface area contributed by atoms with Crippen molar-refractivity contribution in [1.82, 2.24) is 15.5 Å². The van der Waals surface area contributed by atoms with Crippen molar-refractivity contribution < 1.29 is 9.26 Å². The van der Waals surface area contributed by atoms with E-state index in [2.05, 4.69) is 38.3 Å². The molecular formula is C14H18BrN3O2. The van der Waals surface area contributed by atoms with Crippen LogP contribution in [-0.4, -0.2) is 16.7 Å². The van der Waals surface area contributed by atoms with Gasteiger partial charge in [-0.25, -0.2) is 0 Å². The van der Waals surface area contributed by atoms with E-state index in [0.717, 1.165) is 35.3 Å². The van der Waals surface area contributed by atoms with Crippen LogP contribution in [0.5, 0.6) is 5.75 Å². The molecule has 108 valence electrons. The molecule has 0 fully saturated rings. The molecular weight excluding hydrogens is 322 g/mol. The highest BCUT2D eigenvalue weighted by atomic mass is 79.9. The highest BCUT2D eigenvalue weighted by Gasteiger charge is 2.10. The van der Waals surface area contributed by atoms with Gasteiger partial charge in [-0.15, -0.1) is 0 Å². The average molecular weight is 340 g/mol. The highest BCUT2D eigenvalue weighted by Crippen LogP contribution is 2.29. The van der Waals surface area contributed by atoms with E-state index in [1.165, 1.54) is 0 Å². The standard InChI is InChI=1S/C14H18BrN3O2/c1-3-13-17-12(18-20-13)9-19-14-10(8-16-4-2)6-5-7-11(14)15/h5-7,16H,3-4,8-9H2,1-2H3. The number of nitrogens with one attached hydrogen (secondary N) is 1. The molecule has 20 heavy (non-hydrogen) atoms. The molecule has 2 aromatic rings. The molecule has 1 N–H and O–H groups in total. The molecule has 2 rings (SSSR count). The lowest BCUT2D eigenvalue weighted by Crippen LogP contribution is -2.13. The van der Waals surface area contributed by atoms with Crippen molar-refractivity contribution in [3.8, 4) is 5.75 Å². The summed E-state index contributed by atoms with van der Waals surface area (Å²) in [6, 6.07) is 5.99. The Morgan fingerprint density at radius 1 is 1.35 bits per heavy atom. The van der Waals surface area contributed by atoms with Crippen molar-refractivity contribution in [2.24, 2.45) is 0 Å². The summed E-state index contributed by atoms with van der Waals surface area (Å²) in [4.78, 5) is 4.23. The lowest BCUT2D eigenvalue weighted by molar-refractivity contribution is 0.280. The highest BCUT2D eigenvalue weighted by molar-refractivity contribution is 9.10. The number of halogens is 1. The Kier molecular flexibility index (Phi) is 5.55. The molecule has 0 saturated heterocycles. The van der Waals surface area contributed by atoms with Crippen LogP contribution in [0.25, 0.3) is 0 Å². The van der Waals surface area contributed by atoms with Crippen molar-refractivity contribution >= 4 is 15.9 Å². The minimum absolute atomic E-state index is 0.297. The van der Waals surface area contributed by atoms with Crippen molar-refractivity contribution in [2.75, 3.05) is 6.54 Å². The van der Waals surface area contributed by atoms with E-state index < -0.39 is 0 Å². The predicted octanol–water partition coefficient (Wildman–Crippen LogP) is 3.08. The van der Waals surface area contributed by atoms with Crippen LogP contribution in [0.3, 0.4) is 0 Å². The van der Waals surface area contributed by atoms with Gasteiger partial charge in [0.1, 0.15) is 5.75 Å². The van der Waals surface area contributed by atoms with Crippen LogP contribution < -0.4 is 10.1 Å². The number of nitrogens with zero attached hydrogens (tertiary/aromatic N) is 2. The third kappa shape index (κ3) is 3.80. The Morgan fingerprint density at radius 3 is 2.90 bits per heavy atom. The molecule has 0 amide bonds. The van der Waals surface area contributed by atoms with Gasteiger partial charge in [0.2, 0.25) is 11.7 Å². The van der Waals surface area contributed by atoms with E-state index in [-0.39, 0.29) is 0 Å². The first-order valence-corrected chi connectivity index (χ1v) is 7.46. The summed E-state index contributed by atoms with van der Waals surface area (Å²) in [6.45, 7) is 6.02. The quantitative estimate of drug-likeness (QED) is 0.839. The molecule has 0 aliphatic rings. The van der Waals surface area contributed by atoms with Crippen molar-refractivity contribution in [3.05, 3.63) is 40.0 Å². The normalized spacial score (nSPS) is 10.8. The lowest BCUT2D eigenvalue weighted by atomic mass is 10.2. The first kappa shape index (κ1) is 15.0. The Hall–Kier alpha value is -1.40. The summed E-state index contributed by atoms with van der Waals surface area (Å²) >= 11 is 3.51. The second-order valence-corrected chi connectivity index (χ2v) is 5.11. The SMILES string of the molecule is CCNCc1cccc(Br)c1OCc1noc(CC)n1. The monoisotopic (exact) mass is 339 g/mol. The molecule has 0 atom stereocenters. The van der Waals surface area contributed by atoms with E-state index in [1.807, 2.05) is 25.1 Å². The van der Waals surface area contributed by atoms with Crippen LogP contribution in [0.2, 0.25) is 0 Å². The van der Waals surface area contributed by atoms with E-state index in [1.54, 1.807) is 0 Å². The third-order valence-electron chi connectivity index (χ3n) is 2.77. The number of ether oxygens (including phenoxy) is 1. The summed E-state index contributed by atoms with van der Waals surface area (Å²) < 4.78 is 11.8. The van der Waals surface area contributed by atoms with Crippen LogP contribution >= 0.6 is 15.9 Å². The molecule has 1 aromatic carbocycles. The van der Waals surface area contributed by atoms with Gasteiger partial charge in [0, 0.05) is 18.5 Å². The van der Waals surface area contributed by atoms with Gasteiger partial charge in [0.25, 0.3) is 0 Å². The number of aryl methyl sites for hydroxylation is 1. The van der Waals surface area contributed by atoms with Gasteiger partial charge in [-0.05, 0) is 28.5 Å². The van der Waals surface area contributed by atoms with E-state index >= 15 is 0 Å². The Bertz CT molecular complexity index is 557. The van der Waals surface area contributed by atoms with Gasteiger partial charge < -0.3 is 14.6 Å². The Morgan fingerprint density at radius 2 is 2.20 bits per heavy atom. The maximum atomic E-state index is 5.84. The summed E-state index contributed by atoms with van der Waals surface area (Å²) in [5.41, 5.74) is 1.10. The average Bonchev–Trinajstić information content (AvgIpc) is 2.92. The van der Waals surface area contributed by atoms with Gasteiger partial charge in [-0.3, -0.25) is 0 Å². The summed E-state index contributed by atoms with van der Waals surface area (Å²) in [6.07, 6.45) is 0.730. The Labute approximate surface area is 126 Å². The number of aromatic nitrogens is 2. The fraction of sp³-hybridized carbons (Fsp3) is 0.429. The first-order valence-electron chi connectivity index (χ1n) is 6.67. The minimum atomic E-state index is 0.297. The van der Waals surface area contributed by atoms with Crippen LogP contribution in [0.4, 0.5) is 0 Å². The lowest BCUT2D eigenvalue weighted by Gasteiger charge is -2.12. The van der Waals surface area contributed by atoms with Gasteiger partial charge in [0.05, 0.1) is 4.47 Å². The number of benzene rings is 1. The van der Waals surface area contributed by atoms with E-state index in [0.29, 0.717) is 18.3 Å². The maximum absolute atomic E-state index is 5.84. The molecule has 0 bridgehead atoms. The van der Waals surface area contributed by atoms with Crippen molar-refractivity contribution in [2.45, 2.75) is 33.4 Å². The summed E-state index contributed by atoms with van der Waals surface area (Å²) in [5, 5.41) is 7.17. The van der Waals surface area contributed by atoms with Gasteiger partial charge in [-0.1, -0.05) is 31.1 Å². The topological polar surface area (TPSA) is 60.2 Å². The van der Waals surface area contributed by atoms with Gasteiger partial charge in [0.15, 0.2) is 6.61 Å². The zero-order valence-electron chi connectivity index (χ0n) is 11.6. The van der Waals surface area contributed by atoms with Crippen LogP contribution in [0, 0.1) is 0 Å². The first-order chi connectivity index (χ1) is 9.74. The zero-order valence-corrected chi connectivity index (χ0v) is 13.2. The fourth-order valence-electron chi connectivity index (χ4n) is 1.74. The van der Waals surface area contributed by atoms with E-state index in [4.69, 9.17) is 9.26 Å². The zero-order chi connectivity index (χ0) is 14.4. The molecule has 0 radical (unpaired) electrons. The van der Waals surface area contributed by atoms with Crippen LogP contribution in [0.15, 0.2) is 27.2 Å². The molecule has 0 aliphatic heterocycles.